The van der Waals surface area contributed by atoms with Gasteiger partial charge >= 0.3 is 12.1 Å². The smallest absolute Gasteiger partial charge is 0.407 e. The van der Waals surface area contributed by atoms with Crippen LogP contribution in [0.5, 0.6) is 0 Å². The average molecular weight is 399 g/mol. The number of amides is 1. The van der Waals surface area contributed by atoms with Gasteiger partial charge in [-0.3, -0.25) is 4.79 Å². The van der Waals surface area contributed by atoms with E-state index in [2.05, 4.69) is 22.8 Å². The molecule has 0 aliphatic rings. The number of hydrogen-bond acceptors (Lipinski definition) is 5. The second-order valence-electron chi connectivity index (χ2n) is 7.70. The highest BCUT2D eigenvalue weighted by molar-refractivity contribution is 5.70. The van der Waals surface area contributed by atoms with Gasteiger partial charge in [-0.1, -0.05) is 54.6 Å². The van der Waals surface area contributed by atoms with Crippen LogP contribution in [0.4, 0.5) is 4.79 Å². The molecule has 0 aliphatic heterocycles. The lowest BCUT2D eigenvalue weighted by atomic mass is 9.99. The first-order valence-electron chi connectivity index (χ1n) is 9.71. The number of esters is 1. The van der Waals surface area contributed by atoms with Crippen LogP contribution in [0.3, 0.4) is 0 Å². The standard InChI is InChI=1S/C23H30N2O4/c1-23(2,3)29-22(27)25-15-14-24-20(16-21(26)28-4)19-12-10-18(11-13-19)17-8-6-5-7-9-17/h5-13,20,24H,14-16H2,1-4H3,(H,25,27). The molecule has 2 N–H and O–H groups in total. The summed E-state index contributed by atoms with van der Waals surface area (Å²) in [6.07, 6.45) is -0.260. The Morgan fingerprint density at radius 3 is 2.14 bits per heavy atom. The number of benzene rings is 2. The molecule has 1 atom stereocenters. The number of hydrogen-bond donors (Lipinski definition) is 2. The third-order valence-electron chi connectivity index (χ3n) is 4.20. The molecule has 29 heavy (non-hydrogen) atoms. The maximum atomic E-state index is 11.8. The van der Waals surface area contributed by atoms with Crippen molar-refractivity contribution >= 4 is 12.1 Å². The van der Waals surface area contributed by atoms with Gasteiger partial charge in [0.1, 0.15) is 5.60 Å². The first-order valence-corrected chi connectivity index (χ1v) is 9.71. The molecule has 156 valence electrons. The van der Waals surface area contributed by atoms with Crippen LogP contribution in [0.2, 0.25) is 0 Å². The summed E-state index contributed by atoms with van der Waals surface area (Å²) in [6, 6.07) is 18.0. The van der Waals surface area contributed by atoms with Gasteiger partial charge in [0.25, 0.3) is 0 Å². The Labute approximate surface area is 172 Å². The molecule has 0 heterocycles. The van der Waals surface area contributed by atoms with E-state index in [9.17, 15) is 9.59 Å². The minimum atomic E-state index is -0.536. The largest absolute Gasteiger partial charge is 0.469 e. The summed E-state index contributed by atoms with van der Waals surface area (Å²) < 4.78 is 10.0. The Hall–Kier alpha value is -2.86. The van der Waals surface area contributed by atoms with Gasteiger partial charge in [-0.25, -0.2) is 4.79 Å². The Bertz CT molecular complexity index is 783. The highest BCUT2D eigenvalue weighted by atomic mass is 16.6. The molecule has 0 saturated carbocycles. The summed E-state index contributed by atoms with van der Waals surface area (Å²) in [5.41, 5.74) is 2.69. The summed E-state index contributed by atoms with van der Waals surface area (Å²) in [4.78, 5) is 23.6. The molecule has 2 aromatic rings. The zero-order valence-corrected chi connectivity index (χ0v) is 17.5. The Balaban J connectivity index is 1.97. The predicted molar refractivity (Wildman–Crippen MR) is 113 cm³/mol. The molecule has 2 aromatic carbocycles. The van der Waals surface area contributed by atoms with Gasteiger partial charge in [-0.2, -0.15) is 0 Å². The molecule has 0 spiro atoms. The SMILES string of the molecule is COC(=O)CC(NCCNC(=O)OC(C)(C)C)c1ccc(-c2ccccc2)cc1. The van der Waals surface area contributed by atoms with E-state index in [1.807, 2.05) is 63.2 Å². The lowest BCUT2D eigenvalue weighted by Gasteiger charge is -2.21. The van der Waals surface area contributed by atoms with Crippen molar-refractivity contribution in [3.05, 3.63) is 60.2 Å². The van der Waals surface area contributed by atoms with E-state index in [-0.39, 0.29) is 18.4 Å². The van der Waals surface area contributed by atoms with Crippen LogP contribution in [0.15, 0.2) is 54.6 Å². The third kappa shape index (κ3) is 7.95. The number of carbonyl (C=O) groups is 2. The molecule has 0 aliphatic carbocycles. The molecule has 0 aromatic heterocycles. The molecule has 1 unspecified atom stereocenters. The molecule has 1 amide bonds. The van der Waals surface area contributed by atoms with Gasteiger partial charge in [0.15, 0.2) is 0 Å². The van der Waals surface area contributed by atoms with Crippen molar-refractivity contribution in [3.8, 4) is 11.1 Å². The summed E-state index contributed by atoms with van der Waals surface area (Å²) in [7, 11) is 1.38. The van der Waals surface area contributed by atoms with Crippen LogP contribution in [0.1, 0.15) is 38.8 Å². The van der Waals surface area contributed by atoms with Crippen molar-refractivity contribution in [1.82, 2.24) is 10.6 Å². The van der Waals surface area contributed by atoms with Gasteiger partial charge in [0, 0.05) is 19.1 Å². The monoisotopic (exact) mass is 398 g/mol. The van der Waals surface area contributed by atoms with Crippen molar-refractivity contribution in [2.45, 2.75) is 38.8 Å². The van der Waals surface area contributed by atoms with Crippen molar-refractivity contribution in [1.29, 1.82) is 0 Å². The molecule has 6 nitrogen and oxygen atoms in total. The Kier molecular flexibility index (Phi) is 8.21. The summed E-state index contributed by atoms with van der Waals surface area (Å²) in [6.45, 7) is 6.32. The molecule has 2 rings (SSSR count). The molecular weight excluding hydrogens is 368 g/mol. The summed E-state index contributed by atoms with van der Waals surface area (Å²) in [5.74, 6) is -0.297. The molecule has 0 bridgehead atoms. The highest BCUT2D eigenvalue weighted by Crippen LogP contribution is 2.23. The highest BCUT2D eigenvalue weighted by Gasteiger charge is 2.18. The van der Waals surface area contributed by atoms with Gasteiger partial charge in [-0.15, -0.1) is 0 Å². The molecule has 0 radical (unpaired) electrons. The number of nitrogens with one attached hydrogen (secondary N) is 2. The number of ether oxygens (including phenoxy) is 2. The Morgan fingerprint density at radius 1 is 0.931 bits per heavy atom. The van der Waals surface area contributed by atoms with Gasteiger partial charge < -0.3 is 20.1 Å². The van der Waals surface area contributed by atoms with Gasteiger partial charge in [0.2, 0.25) is 0 Å². The average Bonchev–Trinajstić information content (AvgIpc) is 2.69. The lowest BCUT2D eigenvalue weighted by molar-refractivity contribution is -0.141. The van der Waals surface area contributed by atoms with Crippen molar-refractivity contribution in [2.75, 3.05) is 20.2 Å². The maximum absolute atomic E-state index is 11.8. The fourth-order valence-electron chi connectivity index (χ4n) is 2.82. The van der Waals surface area contributed by atoms with Gasteiger partial charge in [0.05, 0.1) is 13.5 Å². The van der Waals surface area contributed by atoms with Crippen LogP contribution < -0.4 is 10.6 Å². The third-order valence-corrected chi connectivity index (χ3v) is 4.20. The van der Waals surface area contributed by atoms with E-state index in [0.717, 1.165) is 16.7 Å². The predicted octanol–water partition coefficient (Wildman–Crippen LogP) is 4.07. The van der Waals surface area contributed by atoms with Crippen molar-refractivity contribution < 1.29 is 19.1 Å². The zero-order chi connectivity index (χ0) is 21.3. The molecule has 6 heteroatoms. The van der Waals surface area contributed by atoms with E-state index in [0.29, 0.717) is 13.1 Å². The van der Waals surface area contributed by atoms with Crippen molar-refractivity contribution in [2.24, 2.45) is 0 Å². The van der Waals surface area contributed by atoms with Crippen molar-refractivity contribution in [3.63, 3.8) is 0 Å². The number of methoxy groups -OCH3 is 1. The van der Waals surface area contributed by atoms with E-state index in [1.54, 1.807) is 0 Å². The van der Waals surface area contributed by atoms with E-state index in [4.69, 9.17) is 9.47 Å². The fraction of sp³-hybridized carbons (Fsp3) is 0.391. The lowest BCUT2D eigenvalue weighted by Crippen LogP contribution is -2.37. The van der Waals surface area contributed by atoms with Crippen LogP contribution in [-0.4, -0.2) is 37.9 Å². The van der Waals surface area contributed by atoms with Crippen LogP contribution >= 0.6 is 0 Å². The quantitative estimate of drug-likeness (QED) is 0.518. The van der Waals surface area contributed by atoms with Crippen LogP contribution in [0, 0.1) is 0 Å². The maximum Gasteiger partial charge on any atom is 0.407 e. The van der Waals surface area contributed by atoms with Gasteiger partial charge in [-0.05, 0) is 37.5 Å². The van der Waals surface area contributed by atoms with Crippen LogP contribution in [-0.2, 0) is 14.3 Å². The first kappa shape index (κ1) is 22.4. The summed E-state index contributed by atoms with van der Waals surface area (Å²) >= 11 is 0. The minimum absolute atomic E-state index is 0.202. The van der Waals surface area contributed by atoms with E-state index >= 15 is 0 Å². The number of carbonyl (C=O) groups excluding carboxylic acids is 2. The second kappa shape index (κ2) is 10.6. The topological polar surface area (TPSA) is 76.7 Å². The van der Waals surface area contributed by atoms with Crippen LogP contribution in [0.25, 0.3) is 11.1 Å². The first-order chi connectivity index (χ1) is 13.8. The van der Waals surface area contributed by atoms with E-state index in [1.165, 1.54) is 7.11 Å². The minimum Gasteiger partial charge on any atom is -0.469 e. The number of rotatable bonds is 8. The van der Waals surface area contributed by atoms with E-state index < -0.39 is 11.7 Å². The molecule has 0 saturated heterocycles. The molecular formula is C23H30N2O4. The normalized spacial score (nSPS) is 12.1. The summed E-state index contributed by atoms with van der Waals surface area (Å²) in [5, 5.41) is 6.01. The zero-order valence-electron chi connectivity index (χ0n) is 17.5. The fourth-order valence-corrected chi connectivity index (χ4v) is 2.82. The molecule has 0 fully saturated rings. The number of alkyl carbamates (subject to hydrolysis) is 1. The Morgan fingerprint density at radius 2 is 1.55 bits per heavy atom. The second-order valence-corrected chi connectivity index (χ2v) is 7.70.